The lowest BCUT2D eigenvalue weighted by molar-refractivity contribution is -0.384. The van der Waals surface area contributed by atoms with Crippen LogP contribution in [0.25, 0.3) is 10.9 Å². The van der Waals surface area contributed by atoms with E-state index in [9.17, 15) is 23.3 Å². The van der Waals surface area contributed by atoms with Gasteiger partial charge in [0.2, 0.25) is 0 Å². The van der Waals surface area contributed by atoms with Gasteiger partial charge in [0.25, 0.3) is 5.69 Å². The Morgan fingerprint density at radius 1 is 1.07 bits per heavy atom. The zero-order valence-electron chi connectivity index (χ0n) is 15.2. The fourth-order valence-electron chi connectivity index (χ4n) is 3.35. The molecule has 0 bridgehead atoms. The first-order valence-corrected chi connectivity index (χ1v) is 8.92. The molecule has 0 aliphatic carbocycles. The monoisotopic (exact) mass is 406 g/mol. The molecule has 0 N–H and O–H groups in total. The highest BCUT2D eigenvalue weighted by Crippen LogP contribution is 2.29. The number of hydrogen-bond acceptors (Lipinski definition) is 6. The van der Waals surface area contributed by atoms with Crippen molar-refractivity contribution in [3.05, 3.63) is 58.4 Å². The Kier molecular flexibility index (Phi) is 4.82. The lowest BCUT2D eigenvalue weighted by atomic mass is 10.2. The number of non-ortho nitro benzene ring substituents is 1. The summed E-state index contributed by atoms with van der Waals surface area (Å²) in [7, 11) is 0. The summed E-state index contributed by atoms with van der Waals surface area (Å²) in [6.45, 7) is 3.16. The van der Waals surface area contributed by atoms with E-state index in [0.717, 1.165) is 17.8 Å². The van der Waals surface area contributed by atoms with Crippen molar-refractivity contribution in [1.29, 1.82) is 0 Å². The first kappa shape index (κ1) is 19.1. The van der Waals surface area contributed by atoms with Crippen molar-refractivity contribution in [2.45, 2.75) is 12.8 Å². The maximum atomic E-state index is 12.7. The summed E-state index contributed by atoms with van der Waals surface area (Å²) < 4.78 is 39.8. The summed E-state index contributed by atoms with van der Waals surface area (Å²) in [5.74, 6) is 0.523. The molecule has 3 heterocycles. The van der Waals surface area contributed by atoms with E-state index in [1.54, 1.807) is 16.9 Å². The number of nitrogens with zero attached hydrogens (tertiary/aromatic N) is 6. The number of halogens is 3. The normalized spacial score (nSPS) is 15.8. The molecule has 4 rings (SSSR count). The predicted molar refractivity (Wildman–Crippen MR) is 99.4 cm³/mol. The second kappa shape index (κ2) is 7.32. The van der Waals surface area contributed by atoms with E-state index in [1.165, 1.54) is 18.2 Å². The van der Waals surface area contributed by atoms with Gasteiger partial charge < -0.3 is 4.90 Å². The number of hydrogen-bond donors (Lipinski definition) is 0. The highest BCUT2D eigenvalue weighted by atomic mass is 19.4. The molecule has 0 radical (unpaired) electrons. The van der Waals surface area contributed by atoms with Crippen LogP contribution in [0.4, 0.5) is 24.7 Å². The van der Waals surface area contributed by atoms with Crippen molar-refractivity contribution in [3.8, 4) is 0 Å². The van der Waals surface area contributed by atoms with Gasteiger partial charge in [-0.1, -0.05) is 0 Å². The first-order valence-electron chi connectivity index (χ1n) is 8.92. The van der Waals surface area contributed by atoms with E-state index in [2.05, 4.69) is 15.0 Å². The SMILES string of the molecule is O=[N+]([O-])c1ccc2c(cnn2CN2CCN(c3ccc(C(F)(F)F)cn3)CC2)c1. The third-order valence-electron chi connectivity index (χ3n) is 4.94. The number of rotatable bonds is 4. The minimum absolute atomic E-state index is 0.0229. The maximum absolute atomic E-state index is 12.7. The van der Waals surface area contributed by atoms with E-state index >= 15 is 0 Å². The largest absolute Gasteiger partial charge is 0.417 e. The Morgan fingerprint density at radius 2 is 1.83 bits per heavy atom. The summed E-state index contributed by atoms with van der Waals surface area (Å²) in [6, 6.07) is 7.07. The van der Waals surface area contributed by atoms with Crippen molar-refractivity contribution in [3.63, 3.8) is 0 Å². The number of alkyl halides is 3. The van der Waals surface area contributed by atoms with Crippen molar-refractivity contribution < 1.29 is 18.1 Å². The molecule has 2 aromatic heterocycles. The number of anilines is 1. The Morgan fingerprint density at radius 3 is 2.45 bits per heavy atom. The number of pyridine rings is 1. The molecule has 1 aliphatic heterocycles. The second-order valence-corrected chi connectivity index (χ2v) is 6.79. The van der Waals surface area contributed by atoms with E-state index < -0.39 is 16.7 Å². The van der Waals surface area contributed by atoms with Crippen LogP contribution in [0.15, 0.2) is 42.7 Å². The third-order valence-corrected chi connectivity index (χ3v) is 4.94. The van der Waals surface area contributed by atoms with Crippen LogP contribution >= 0.6 is 0 Å². The fourth-order valence-corrected chi connectivity index (χ4v) is 3.35. The molecule has 1 aromatic carbocycles. The molecular weight excluding hydrogens is 389 g/mol. The highest BCUT2D eigenvalue weighted by molar-refractivity contribution is 5.81. The Bertz CT molecular complexity index is 1030. The van der Waals surface area contributed by atoms with Crippen LogP contribution in [-0.2, 0) is 12.8 Å². The lowest BCUT2D eigenvalue weighted by Crippen LogP contribution is -2.47. The molecule has 8 nitrogen and oxygen atoms in total. The second-order valence-electron chi connectivity index (χ2n) is 6.79. The van der Waals surface area contributed by atoms with E-state index in [0.29, 0.717) is 44.1 Å². The molecule has 1 fully saturated rings. The quantitative estimate of drug-likeness (QED) is 0.489. The average molecular weight is 406 g/mol. The number of nitro groups is 1. The van der Waals surface area contributed by atoms with Gasteiger partial charge in [-0.15, -0.1) is 0 Å². The molecule has 1 aliphatic rings. The van der Waals surface area contributed by atoms with E-state index in [4.69, 9.17) is 0 Å². The summed E-state index contributed by atoms with van der Waals surface area (Å²) >= 11 is 0. The Balaban J connectivity index is 1.39. The van der Waals surface area contributed by atoms with Gasteiger partial charge in [0.15, 0.2) is 0 Å². The first-order chi connectivity index (χ1) is 13.8. The van der Waals surface area contributed by atoms with Crippen LogP contribution in [0.3, 0.4) is 0 Å². The third kappa shape index (κ3) is 3.99. The number of aromatic nitrogens is 3. The van der Waals surface area contributed by atoms with Crippen molar-refractivity contribution in [2.75, 3.05) is 31.1 Å². The molecule has 29 heavy (non-hydrogen) atoms. The topological polar surface area (TPSA) is 80.3 Å². The zero-order chi connectivity index (χ0) is 20.6. The standard InChI is InChI=1S/C18H17F3N6O2/c19-18(20,21)14-1-4-17(22-11-14)25-7-5-24(6-8-25)12-26-16-3-2-15(27(28)29)9-13(16)10-23-26/h1-4,9-11H,5-8,12H2. The highest BCUT2D eigenvalue weighted by Gasteiger charge is 2.31. The van der Waals surface area contributed by atoms with Crippen molar-refractivity contribution in [1.82, 2.24) is 19.7 Å². The summed E-state index contributed by atoms with van der Waals surface area (Å²) in [5, 5.41) is 15.9. The molecule has 152 valence electrons. The van der Waals surface area contributed by atoms with Gasteiger partial charge in [-0.05, 0) is 18.2 Å². The number of benzene rings is 1. The van der Waals surface area contributed by atoms with Crippen LogP contribution < -0.4 is 4.90 Å². The minimum atomic E-state index is -4.39. The molecule has 1 saturated heterocycles. The van der Waals surface area contributed by atoms with Crippen molar-refractivity contribution in [2.24, 2.45) is 0 Å². The molecular formula is C18H17F3N6O2. The molecule has 0 spiro atoms. The Hall–Kier alpha value is -3.21. The predicted octanol–water partition coefficient (Wildman–Crippen LogP) is 3.14. The van der Waals surface area contributed by atoms with Crippen LogP contribution in [-0.4, -0.2) is 50.8 Å². The van der Waals surface area contributed by atoms with Gasteiger partial charge in [0, 0.05) is 49.9 Å². The van der Waals surface area contributed by atoms with Gasteiger partial charge in [0.05, 0.1) is 28.9 Å². The molecule has 0 unspecified atom stereocenters. The minimum Gasteiger partial charge on any atom is -0.354 e. The molecule has 0 atom stereocenters. The van der Waals surface area contributed by atoms with Crippen LogP contribution in [0.2, 0.25) is 0 Å². The summed E-state index contributed by atoms with van der Waals surface area (Å²) in [5.41, 5.74) is 0.0721. The van der Waals surface area contributed by atoms with Gasteiger partial charge in [-0.25, -0.2) is 4.98 Å². The zero-order valence-corrected chi connectivity index (χ0v) is 15.2. The molecule has 0 saturated carbocycles. The van der Waals surface area contributed by atoms with Crippen molar-refractivity contribution >= 4 is 22.4 Å². The number of nitro benzene ring substituents is 1. The molecule has 11 heteroatoms. The maximum Gasteiger partial charge on any atom is 0.417 e. The average Bonchev–Trinajstić information content (AvgIpc) is 3.10. The number of piperazine rings is 1. The van der Waals surface area contributed by atoms with Gasteiger partial charge in [-0.2, -0.15) is 18.3 Å². The lowest BCUT2D eigenvalue weighted by Gasteiger charge is -2.35. The van der Waals surface area contributed by atoms with E-state index in [-0.39, 0.29) is 5.69 Å². The number of fused-ring (bicyclic) bond motifs is 1. The summed E-state index contributed by atoms with van der Waals surface area (Å²) in [6.07, 6.45) is -1.93. The van der Waals surface area contributed by atoms with Gasteiger partial charge in [-0.3, -0.25) is 19.7 Å². The molecule has 3 aromatic rings. The van der Waals surface area contributed by atoms with Gasteiger partial charge in [0.1, 0.15) is 5.82 Å². The van der Waals surface area contributed by atoms with E-state index in [1.807, 2.05) is 4.90 Å². The smallest absolute Gasteiger partial charge is 0.354 e. The van der Waals surface area contributed by atoms with Crippen LogP contribution in [0.5, 0.6) is 0 Å². The van der Waals surface area contributed by atoms with Crippen LogP contribution in [0, 0.1) is 10.1 Å². The van der Waals surface area contributed by atoms with Crippen LogP contribution in [0.1, 0.15) is 5.56 Å². The molecule has 0 amide bonds. The Labute approximate surface area is 163 Å². The summed E-state index contributed by atoms with van der Waals surface area (Å²) in [4.78, 5) is 18.5. The fraction of sp³-hybridized carbons (Fsp3) is 0.333. The van der Waals surface area contributed by atoms with Gasteiger partial charge >= 0.3 is 6.18 Å².